The number of carbonyl (C=O) groups excluding carboxylic acids is 1. The van der Waals surface area contributed by atoms with Gasteiger partial charge >= 0.3 is 26.6 Å². The maximum Gasteiger partial charge on any atom is 2.00 e. The molecule has 0 fully saturated rings. The third-order valence-corrected chi connectivity index (χ3v) is 6.84. The SMILES string of the molecule is CC(=O)[O-].CC(C)c1cc(C(C)C)n([BH-](n2nc(C(C)C)cc2C(C)C)n2nc(C(C)C)cc2C(C)C)n1.[Zn+2]. The van der Waals surface area contributed by atoms with Crippen LogP contribution < -0.4 is 5.11 Å². The number of hydrogen-bond acceptors (Lipinski definition) is 5. The molecule has 8 nitrogen and oxygen atoms in total. The van der Waals surface area contributed by atoms with E-state index in [0.29, 0.717) is 35.5 Å². The van der Waals surface area contributed by atoms with E-state index >= 15 is 0 Å². The summed E-state index contributed by atoms with van der Waals surface area (Å²) < 4.78 is 6.81. The van der Waals surface area contributed by atoms with Crippen molar-refractivity contribution in [2.24, 2.45) is 0 Å². The van der Waals surface area contributed by atoms with Gasteiger partial charge in [-0.3, -0.25) is 0 Å². The Labute approximate surface area is 248 Å². The Kier molecular flexibility index (Phi) is 12.9. The van der Waals surface area contributed by atoms with Gasteiger partial charge in [0.2, 0.25) is 0 Å². The van der Waals surface area contributed by atoms with Crippen LogP contribution in [-0.4, -0.2) is 42.2 Å². The number of carboxylic acids is 1. The van der Waals surface area contributed by atoms with E-state index in [-0.39, 0.29) is 19.5 Å². The zero-order valence-corrected chi connectivity index (χ0v) is 29.6. The third-order valence-electron chi connectivity index (χ3n) is 6.84. The number of aromatic nitrogens is 6. The summed E-state index contributed by atoms with van der Waals surface area (Å²) >= 11 is 0. The van der Waals surface area contributed by atoms with Crippen LogP contribution in [0, 0.1) is 0 Å². The van der Waals surface area contributed by atoms with Crippen molar-refractivity contribution < 1.29 is 29.4 Å². The van der Waals surface area contributed by atoms with Crippen LogP contribution in [0.1, 0.15) is 160 Å². The molecule has 3 aromatic heterocycles. The minimum absolute atomic E-state index is 0. The van der Waals surface area contributed by atoms with Crippen molar-refractivity contribution >= 4 is 13.1 Å². The van der Waals surface area contributed by atoms with Gasteiger partial charge < -0.3 is 23.7 Å². The number of hydrogen-bond donors (Lipinski definition) is 0. The monoisotopic (exact) mass is 588 g/mol. The second-order valence-corrected chi connectivity index (χ2v) is 12.3. The Bertz CT molecular complexity index is 1060. The molecule has 10 heteroatoms. The number of aliphatic carboxylic acids is 1. The molecule has 0 aromatic carbocycles. The Morgan fingerprint density at radius 3 is 0.949 bits per heavy atom. The molecule has 0 aliphatic carbocycles. The molecule has 0 atom stereocenters. The fourth-order valence-electron chi connectivity index (χ4n) is 4.66. The van der Waals surface area contributed by atoms with Crippen LogP contribution in [0.15, 0.2) is 18.2 Å². The van der Waals surface area contributed by atoms with Gasteiger partial charge in [-0.2, -0.15) is 0 Å². The summed E-state index contributed by atoms with van der Waals surface area (Å²) in [6, 6.07) is 6.87. The van der Waals surface area contributed by atoms with Crippen molar-refractivity contribution in [1.29, 1.82) is 0 Å². The first-order valence-electron chi connectivity index (χ1n) is 14.2. The Hall–Kier alpha value is -2.21. The predicted molar refractivity (Wildman–Crippen MR) is 155 cm³/mol. The predicted octanol–water partition coefficient (Wildman–Crippen LogP) is 5.43. The summed E-state index contributed by atoms with van der Waals surface area (Å²) in [5, 5.41) is 24.6. The van der Waals surface area contributed by atoms with Crippen molar-refractivity contribution in [3.05, 3.63) is 52.4 Å². The Morgan fingerprint density at radius 1 is 0.590 bits per heavy atom. The molecule has 0 aliphatic heterocycles. The molecule has 0 spiro atoms. The molecule has 39 heavy (non-hydrogen) atoms. The van der Waals surface area contributed by atoms with E-state index in [1.165, 1.54) is 17.1 Å². The normalized spacial score (nSPS) is 11.8. The van der Waals surface area contributed by atoms with Gasteiger partial charge in [0, 0.05) is 23.1 Å². The van der Waals surface area contributed by atoms with E-state index in [9.17, 15) is 0 Å². The molecule has 0 saturated carbocycles. The fraction of sp³-hybridized carbons (Fsp3) is 0.655. The van der Waals surface area contributed by atoms with E-state index in [4.69, 9.17) is 25.2 Å². The summed E-state index contributed by atoms with van der Waals surface area (Å²) in [5.41, 5.74) is 7.13. The first-order valence-corrected chi connectivity index (χ1v) is 14.2. The second-order valence-electron chi connectivity index (χ2n) is 12.3. The largest absolute Gasteiger partial charge is 2.00 e. The van der Waals surface area contributed by atoms with Gasteiger partial charge in [0.05, 0.1) is 17.1 Å². The van der Waals surface area contributed by atoms with Crippen molar-refractivity contribution in [2.75, 3.05) is 0 Å². The maximum absolute atomic E-state index is 8.89. The number of carbonyl (C=O) groups is 1. The molecule has 3 rings (SSSR count). The van der Waals surface area contributed by atoms with Crippen LogP contribution in [0.2, 0.25) is 0 Å². The van der Waals surface area contributed by atoms with E-state index in [1.807, 2.05) is 0 Å². The Balaban J connectivity index is 0.00000142. The average Bonchev–Trinajstić information content (AvgIpc) is 3.51. The molecule has 0 aliphatic rings. The van der Waals surface area contributed by atoms with E-state index in [1.54, 1.807) is 0 Å². The van der Waals surface area contributed by atoms with Gasteiger partial charge in [0.1, 0.15) is 0 Å². The standard InChI is InChI=1S/C27H46BN6.C2H4O2.Zn/c1-16(2)22-13-25(19(7)8)32(29-22)28(33-26(20(9)10)14-23(30-33)17(3)4)34-27(21(11)12)15-24(31-34)18(5)6;1-2(3)4;/h13-21,28H,1-12H3;1H3,(H,3,4);/q-1;;+2/p-1. The molecule has 0 radical (unpaired) electrons. The summed E-state index contributed by atoms with van der Waals surface area (Å²) in [4.78, 5) is 8.89. The average molecular weight is 590 g/mol. The first-order chi connectivity index (χ1) is 17.6. The van der Waals surface area contributed by atoms with Gasteiger partial charge in [0.25, 0.3) is 0 Å². The van der Waals surface area contributed by atoms with E-state index < -0.39 is 13.1 Å². The fourth-order valence-corrected chi connectivity index (χ4v) is 4.66. The van der Waals surface area contributed by atoms with E-state index in [2.05, 4.69) is 115 Å². The topological polar surface area (TPSA) is 93.6 Å². The van der Waals surface area contributed by atoms with Crippen LogP contribution in [0.5, 0.6) is 0 Å². The smallest absolute Gasteiger partial charge is 0.550 e. The zero-order valence-electron chi connectivity index (χ0n) is 26.6. The molecule has 0 amide bonds. The molecule has 0 N–H and O–H groups in total. The quantitative estimate of drug-likeness (QED) is 0.310. The van der Waals surface area contributed by atoms with Gasteiger partial charge in [-0.15, -0.1) is 0 Å². The summed E-state index contributed by atoms with van der Waals surface area (Å²) in [7, 11) is -1.46. The molecule has 0 saturated heterocycles. The van der Waals surface area contributed by atoms with Crippen LogP contribution in [-0.2, 0) is 24.3 Å². The molecule has 212 valence electrons. The number of nitrogens with zero attached hydrogens (tertiary/aromatic N) is 6. The van der Waals surface area contributed by atoms with Gasteiger partial charge in [-0.05, 0) is 60.6 Å². The summed E-state index contributed by atoms with van der Waals surface area (Å²) in [6.45, 7) is 27.8. The number of rotatable bonds is 9. The van der Waals surface area contributed by atoms with Gasteiger partial charge in [0.15, 0.2) is 0 Å². The molecule has 3 aromatic rings. The minimum atomic E-state index is -1.46. The van der Waals surface area contributed by atoms with Crippen LogP contribution >= 0.6 is 0 Å². The van der Waals surface area contributed by atoms with Crippen molar-refractivity contribution in [3.8, 4) is 0 Å². The summed E-state index contributed by atoms with van der Waals surface area (Å²) in [5.74, 6) is 1.04. The molecular formula is C29H49BN6O2Zn. The van der Waals surface area contributed by atoms with E-state index in [0.717, 1.165) is 24.0 Å². The van der Waals surface area contributed by atoms with Crippen LogP contribution in [0.4, 0.5) is 0 Å². The number of carboxylic acid groups (broad SMARTS) is 1. The Morgan fingerprint density at radius 2 is 0.795 bits per heavy atom. The minimum Gasteiger partial charge on any atom is -0.550 e. The summed E-state index contributed by atoms with van der Waals surface area (Å²) in [6.07, 6.45) is 0. The second kappa shape index (κ2) is 14.4. The van der Waals surface area contributed by atoms with Crippen LogP contribution in [0.3, 0.4) is 0 Å². The molecule has 0 unspecified atom stereocenters. The molecule has 0 bridgehead atoms. The first kappa shape index (κ1) is 34.8. The molecular weight excluding hydrogens is 541 g/mol. The zero-order chi connectivity index (χ0) is 29.1. The van der Waals surface area contributed by atoms with Gasteiger partial charge in [-0.1, -0.05) is 83.1 Å². The van der Waals surface area contributed by atoms with Gasteiger partial charge in [-0.25, -0.2) is 15.3 Å². The molecule has 3 heterocycles. The van der Waals surface area contributed by atoms with Crippen molar-refractivity contribution in [2.45, 2.75) is 126 Å². The van der Waals surface area contributed by atoms with Crippen molar-refractivity contribution in [1.82, 2.24) is 29.1 Å². The third kappa shape index (κ3) is 8.39. The van der Waals surface area contributed by atoms with Crippen molar-refractivity contribution in [3.63, 3.8) is 0 Å². The van der Waals surface area contributed by atoms with Crippen LogP contribution in [0.25, 0.3) is 0 Å². The maximum atomic E-state index is 8.89.